The number of pyridine rings is 1. The fraction of sp³-hybridized carbons (Fsp3) is 0.533. The van der Waals surface area contributed by atoms with Crippen molar-refractivity contribution in [1.29, 1.82) is 0 Å². The summed E-state index contributed by atoms with van der Waals surface area (Å²) in [6.45, 7) is 1.27. The Kier molecular flexibility index (Phi) is 3.52. The Hall–Kier alpha value is -2.15. The smallest absolute Gasteiger partial charge is 0.311 e. The number of nitrogens with zero attached hydrogens (tertiary/aromatic N) is 2. The second-order valence-electron chi connectivity index (χ2n) is 6.03. The van der Waals surface area contributed by atoms with Crippen molar-refractivity contribution < 1.29 is 19.4 Å². The molecule has 22 heavy (non-hydrogen) atoms. The summed E-state index contributed by atoms with van der Waals surface area (Å²) in [5.74, 6) is -1.37. The van der Waals surface area contributed by atoms with Gasteiger partial charge in [0, 0.05) is 50.5 Å². The van der Waals surface area contributed by atoms with Crippen LogP contribution in [-0.2, 0) is 16.6 Å². The number of ether oxygens (including phenoxy) is 1. The number of carboxylic acids is 1. The van der Waals surface area contributed by atoms with Gasteiger partial charge in [0.25, 0.3) is 11.5 Å². The number of rotatable bonds is 2. The molecule has 7 heteroatoms. The first-order chi connectivity index (χ1) is 10.4. The van der Waals surface area contributed by atoms with Gasteiger partial charge in [-0.2, -0.15) is 0 Å². The Morgan fingerprint density at radius 3 is 2.86 bits per heavy atom. The lowest BCUT2D eigenvalue weighted by Gasteiger charge is -2.33. The predicted octanol–water partition coefficient (Wildman–Crippen LogP) is -0.0514. The van der Waals surface area contributed by atoms with Crippen LogP contribution < -0.4 is 5.56 Å². The van der Waals surface area contributed by atoms with Gasteiger partial charge in [-0.1, -0.05) is 0 Å². The van der Waals surface area contributed by atoms with Crippen molar-refractivity contribution in [3.8, 4) is 0 Å². The molecule has 3 heterocycles. The van der Waals surface area contributed by atoms with Crippen LogP contribution >= 0.6 is 0 Å². The average Bonchev–Trinajstić information content (AvgIpc) is 2.90. The van der Waals surface area contributed by atoms with Crippen LogP contribution in [0.1, 0.15) is 16.8 Å². The highest BCUT2D eigenvalue weighted by Gasteiger charge is 2.54. The number of fused-ring (bicyclic) bond motifs is 1. The highest BCUT2D eigenvalue weighted by molar-refractivity contribution is 5.95. The van der Waals surface area contributed by atoms with Gasteiger partial charge < -0.3 is 19.3 Å². The van der Waals surface area contributed by atoms with Crippen LogP contribution in [0.3, 0.4) is 0 Å². The van der Waals surface area contributed by atoms with Crippen LogP contribution in [0.25, 0.3) is 0 Å². The molecule has 0 saturated carbocycles. The van der Waals surface area contributed by atoms with E-state index in [1.54, 1.807) is 13.1 Å². The first-order valence-electron chi connectivity index (χ1n) is 7.21. The first-order valence-corrected chi connectivity index (χ1v) is 7.21. The van der Waals surface area contributed by atoms with Crippen LogP contribution in [0.5, 0.6) is 0 Å². The highest BCUT2D eigenvalue weighted by Crippen LogP contribution is 2.42. The van der Waals surface area contributed by atoms with Gasteiger partial charge in [0.05, 0.1) is 12.0 Å². The molecule has 2 fully saturated rings. The summed E-state index contributed by atoms with van der Waals surface area (Å²) in [4.78, 5) is 37.5. The molecule has 0 aromatic carbocycles. The van der Waals surface area contributed by atoms with E-state index in [0.29, 0.717) is 31.7 Å². The Bertz CT molecular complexity index is 683. The Labute approximate surface area is 127 Å². The van der Waals surface area contributed by atoms with Gasteiger partial charge in [0.2, 0.25) is 0 Å². The first kappa shape index (κ1) is 14.8. The van der Waals surface area contributed by atoms with Gasteiger partial charge in [-0.15, -0.1) is 0 Å². The highest BCUT2D eigenvalue weighted by atomic mass is 16.5. The molecule has 0 spiro atoms. The van der Waals surface area contributed by atoms with E-state index in [4.69, 9.17) is 4.74 Å². The molecular formula is C15H18N2O5. The summed E-state index contributed by atoms with van der Waals surface area (Å²) in [7, 11) is 1.61. The van der Waals surface area contributed by atoms with Crippen molar-refractivity contribution in [2.45, 2.75) is 6.42 Å². The molecule has 1 aromatic rings. The fourth-order valence-corrected chi connectivity index (χ4v) is 3.32. The minimum absolute atomic E-state index is 0.171. The minimum atomic E-state index is -0.923. The number of likely N-dealkylation sites (tertiary alicyclic amines) is 1. The van der Waals surface area contributed by atoms with Crippen LogP contribution in [-0.4, -0.2) is 52.8 Å². The largest absolute Gasteiger partial charge is 0.481 e. The normalized spacial score (nSPS) is 27.5. The molecular weight excluding hydrogens is 288 g/mol. The monoisotopic (exact) mass is 306 g/mol. The van der Waals surface area contributed by atoms with Crippen LogP contribution in [0.2, 0.25) is 0 Å². The van der Waals surface area contributed by atoms with E-state index in [-0.39, 0.29) is 23.9 Å². The molecule has 3 rings (SSSR count). The van der Waals surface area contributed by atoms with E-state index in [2.05, 4.69) is 0 Å². The molecule has 118 valence electrons. The summed E-state index contributed by atoms with van der Waals surface area (Å²) in [5.41, 5.74) is -0.893. The van der Waals surface area contributed by atoms with Crippen molar-refractivity contribution in [2.24, 2.45) is 18.4 Å². The molecule has 0 unspecified atom stereocenters. The number of aliphatic carboxylic acids is 1. The maximum atomic E-state index is 12.6. The van der Waals surface area contributed by atoms with Gasteiger partial charge in [-0.05, 0) is 12.5 Å². The zero-order valence-electron chi connectivity index (χ0n) is 12.3. The second-order valence-corrected chi connectivity index (χ2v) is 6.03. The predicted molar refractivity (Wildman–Crippen MR) is 76.6 cm³/mol. The zero-order valence-corrected chi connectivity index (χ0v) is 12.3. The van der Waals surface area contributed by atoms with E-state index in [1.807, 2.05) is 0 Å². The minimum Gasteiger partial charge on any atom is -0.481 e. The third kappa shape index (κ3) is 2.21. The molecule has 1 amide bonds. The summed E-state index contributed by atoms with van der Waals surface area (Å²) in [6.07, 6.45) is 1.95. The summed E-state index contributed by atoms with van der Waals surface area (Å²) in [5, 5.41) is 9.60. The lowest BCUT2D eigenvalue weighted by Crippen LogP contribution is -2.45. The van der Waals surface area contributed by atoms with Crippen molar-refractivity contribution in [1.82, 2.24) is 9.47 Å². The van der Waals surface area contributed by atoms with E-state index in [0.717, 1.165) is 0 Å². The van der Waals surface area contributed by atoms with E-state index in [9.17, 15) is 19.5 Å². The second kappa shape index (κ2) is 5.24. The van der Waals surface area contributed by atoms with Gasteiger partial charge in [-0.3, -0.25) is 14.4 Å². The molecule has 7 nitrogen and oxygen atoms in total. The summed E-state index contributed by atoms with van der Waals surface area (Å²) < 4.78 is 6.75. The van der Waals surface area contributed by atoms with Crippen molar-refractivity contribution >= 4 is 11.9 Å². The number of carbonyl (C=O) groups excluding carboxylic acids is 1. The molecule has 2 aliphatic heterocycles. The summed E-state index contributed by atoms with van der Waals surface area (Å²) in [6, 6.07) is 2.86. The molecule has 1 N–H and O–H groups in total. The fourth-order valence-electron chi connectivity index (χ4n) is 3.32. The molecule has 2 aliphatic rings. The van der Waals surface area contributed by atoms with Crippen LogP contribution in [0.4, 0.5) is 0 Å². The number of carboxylic acid groups (broad SMARTS) is 1. The number of hydrogen-bond donors (Lipinski definition) is 1. The van der Waals surface area contributed by atoms with Crippen molar-refractivity contribution in [2.75, 3.05) is 26.3 Å². The third-order valence-corrected chi connectivity index (χ3v) is 4.77. The summed E-state index contributed by atoms with van der Waals surface area (Å²) >= 11 is 0. The molecule has 0 radical (unpaired) electrons. The van der Waals surface area contributed by atoms with E-state index in [1.165, 1.54) is 21.7 Å². The molecule has 1 aromatic heterocycles. The Morgan fingerprint density at radius 1 is 1.45 bits per heavy atom. The molecule has 2 saturated heterocycles. The Balaban J connectivity index is 1.87. The van der Waals surface area contributed by atoms with E-state index < -0.39 is 11.4 Å². The molecule has 2 atom stereocenters. The topological polar surface area (TPSA) is 88.8 Å². The molecule has 0 aliphatic carbocycles. The Morgan fingerprint density at radius 2 is 2.23 bits per heavy atom. The number of amides is 1. The van der Waals surface area contributed by atoms with Gasteiger partial charge >= 0.3 is 5.97 Å². The third-order valence-electron chi connectivity index (χ3n) is 4.77. The number of hydrogen-bond acceptors (Lipinski definition) is 4. The van der Waals surface area contributed by atoms with Gasteiger partial charge in [-0.25, -0.2) is 0 Å². The molecule has 0 bridgehead atoms. The quantitative estimate of drug-likeness (QED) is 0.827. The van der Waals surface area contributed by atoms with Gasteiger partial charge in [0.1, 0.15) is 0 Å². The number of carbonyl (C=O) groups is 2. The SMILES string of the molecule is Cn1ccc(C(=O)N2C[C@H]3COCC[C@@]3(C(=O)O)C2)cc1=O. The standard InChI is InChI=1S/C15H18N2O5/c1-16-4-2-10(6-12(16)18)13(19)17-7-11-8-22-5-3-15(11,9-17)14(20)21/h2,4,6,11H,3,5,7-9H2,1H3,(H,20,21)/t11-,15+/m0/s1. The number of aryl methyl sites for hydroxylation is 1. The van der Waals surface area contributed by atoms with Crippen molar-refractivity contribution in [3.05, 3.63) is 34.2 Å². The maximum Gasteiger partial charge on any atom is 0.311 e. The van der Waals surface area contributed by atoms with Crippen molar-refractivity contribution in [3.63, 3.8) is 0 Å². The average molecular weight is 306 g/mol. The van der Waals surface area contributed by atoms with Crippen LogP contribution in [0, 0.1) is 11.3 Å². The lowest BCUT2D eigenvalue weighted by atomic mass is 9.74. The number of aromatic nitrogens is 1. The van der Waals surface area contributed by atoms with Crippen LogP contribution in [0.15, 0.2) is 23.1 Å². The maximum absolute atomic E-state index is 12.6. The van der Waals surface area contributed by atoms with E-state index >= 15 is 0 Å². The zero-order chi connectivity index (χ0) is 15.9. The lowest BCUT2D eigenvalue weighted by molar-refractivity contribution is -0.157. The van der Waals surface area contributed by atoms with Gasteiger partial charge in [0.15, 0.2) is 0 Å².